The van der Waals surface area contributed by atoms with Crippen LogP contribution in [0.25, 0.3) is 0 Å². The molecule has 0 bridgehead atoms. The van der Waals surface area contributed by atoms with E-state index in [0.29, 0.717) is 0 Å². The Morgan fingerprint density at radius 2 is 2.04 bits per heavy atom. The van der Waals surface area contributed by atoms with E-state index in [1.165, 1.54) is 55.7 Å². The number of nitrogens with zero attached hydrogens (tertiary/aromatic N) is 2. The molecule has 1 aromatic carbocycles. The molecule has 1 aliphatic heterocycles. The zero-order valence-electron chi connectivity index (χ0n) is 16.8. The van der Waals surface area contributed by atoms with Gasteiger partial charge in [-0.25, -0.2) is 0 Å². The molecule has 146 valence electrons. The fourth-order valence-electron chi connectivity index (χ4n) is 3.53. The van der Waals surface area contributed by atoms with Crippen molar-refractivity contribution < 1.29 is 0 Å². The third-order valence-corrected chi connectivity index (χ3v) is 5.69. The lowest BCUT2D eigenvalue weighted by Gasteiger charge is -2.31. The predicted molar refractivity (Wildman–Crippen MR) is 116 cm³/mol. The molecule has 1 aliphatic rings. The van der Waals surface area contributed by atoms with Crippen LogP contribution in [0.2, 0.25) is 0 Å². The van der Waals surface area contributed by atoms with E-state index in [0.717, 1.165) is 31.5 Å². The van der Waals surface area contributed by atoms with Crippen molar-refractivity contribution in [2.75, 3.05) is 38.7 Å². The van der Waals surface area contributed by atoms with Crippen LogP contribution in [0.1, 0.15) is 43.7 Å². The Morgan fingerprint density at radius 1 is 1.23 bits per heavy atom. The van der Waals surface area contributed by atoms with E-state index >= 15 is 0 Å². The zero-order valence-corrected chi connectivity index (χ0v) is 17.6. The van der Waals surface area contributed by atoms with Crippen molar-refractivity contribution in [3.8, 4) is 0 Å². The van der Waals surface area contributed by atoms with E-state index in [9.17, 15) is 0 Å². The molecule has 0 aromatic heterocycles. The van der Waals surface area contributed by atoms with Crippen LogP contribution in [-0.2, 0) is 13.1 Å². The first-order valence-electron chi connectivity index (χ1n) is 9.95. The molecule has 2 rings (SSSR count). The second kappa shape index (κ2) is 12.2. The summed E-state index contributed by atoms with van der Waals surface area (Å²) in [6.45, 7) is 7.68. The molecule has 1 aromatic rings. The zero-order chi connectivity index (χ0) is 18.6. The van der Waals surface area contributed by atoms with Gasteiger partial charge in [0.2, 0.25) is 0 Å². The molecule has 0 radical (unpaired) electrons. The minimum Gasteiger partial charge on any atom is -0.356 e. The van der Waals surface area contributed by atoms with E-state index in [-0.39, 0.29) is 0 Å². The lowest BCUT2D eigenvalue weighted by atomic mass is 9.99. The molecule has 0 amide bonds. The van der Waals surface area contributed by atoms with Gasteiger partial charge in [-0.05, 0) is 61.3 Å². The Bertz CT molecular complexity index is 547. The van der Waals surface area contributed by atoms with Crippen molar-refractivity contribution in [2.24, 2.45) is 10.9 Å². The molecule has 5 heteroatoms. The number of rotatable bonds is 9. The van der Waals surface area contributed by atoms with Gasteiger partial charge in [-0.1, -0.05) is 31.2 Å². The molecular weight excluding hydrogens is 340 g/mol. The van der Waals surface area contributed by atoms with Crippen molar-refractivity contribution >= 4 is 17.7 Å². The quantitative estimate of drug-likeness (QED) is 0.391. The molecule has 0 spiro atoms. The van der Waals surface area contributed by atoms with Gasteiger partial charge < -0.3 is 10.6 Å². The highest BCUT2D eigenvalue weighted by Crippen LogP contribution is 2.19. The molecule has 1 heterocycles. The standard InChI is InChI=1S/C21H36N4S/c1-18-9-8-13-25(16-18)17-20-11-5-4-10-19(20)15-24-21(22-2)23-12-6-7-14-26-3/h4-5,10-11,18H,6-9,12-17H2,1-3H3,(H2,22,23,24). The molecule has 1 unspecified atom stereocenters. The molecule has 1 saturated heterocycles. The molecular formula is C21H36N4S. The molecule has 0 aliphatic carbocycles. The summed E-state index contributed by atoms with van der Waals surface area (Å²) in [6.07, 6.45) is 7.30. The third kappa shape index (κ3) is 7.58. The minimum absolute atomic E-state index is 0.822. The van der Waals surface area contributed by atoms with Gasteiger partial charge in [-0.3, -0.25) is 9.89 Å². The highest BCUT2D eigenvalue weighted by atomic mass is 32.2. The number of likely N-dealkylation sites (tertiary alicyclic amines) is 1. The van der Waals surface area contributed by atoms with Crippen LogP contribution in [-0.4, -0.2) is 49.6 Å². The number of nitrogens with one attached hydrogen (secondary N) is 2. The predicted octanol–water partition coefficient (Wildman–Crippen LogP) is 3.73. The monoisotopic (exact) mass is 376 g/mol. The molecule has 0 saturated carbocycles. The normalized spacial score (nSPS) is 18.7. The van der Waals surface area contributed by atoms with Crippen molar-refractivity contribution in [1.82, 2.24) is 15.5 Å². The first kappa shape index (κ1) is 21.1. The van der Waals surface area contributed by atoms with E-state index in [1.807, 2.05) is 18.8 Å². The summed E-state index contributed by atoms with van der Waals surface area (Å²) >= 11 is 1.91. The summed E-state index contributed by atoms with van der Waals surface area (Å²) in [7, 11) is 1.85. The van der Waals surface area contributed by atoms with Gasteiger partial charge in [-0.2, -0.15) is 11.8 Å². The molecule has 1 atom stereocenters. The second-order valence-electron chi connectivity index (χ2n) is 7.30. The van der Waals surface area contributed by atoms with Crippen LogP contribution in [0.3, 0.4) is 0 Å². The van der Waals surface area contributed by atoms with Crippen LogP contribution < -0.4 is 10.6 Å². The van der Waals surface area contributed by atoms with Crippen LogP contribution in [0, 0.1) is 5.92 Å². The summed E-state index contributed by atoms with van der Waals surface area (Å²) in [5.74, 6) is 2.95. The maximum absolute atomic E-state index is 4.35. The third-order valence-electron chi connectivity index (χ3n) is 4.99. The average Bonchev–Trinajstić information content (AvgIpc) is 2.65. The number of piperidine rings is 1. The molecule has 4 nitrogen and oxygen atoms in total. The fourth-order valence-corrected chi connectivity index (χ4v) is 4.03. The highest BCUT2D eigenvalue weighted by molar-refractivity contribution is 7.98. The van der Waals surface area contributed by atoms with E-state index < -0.39 is 0 Å². The Labute approximate surface area is 164 Å². The number of benzene rings is 1. The second-order valence-corrected chi connectivity index (χ2v) is 8.29. The van der Waals surface area contributed by atoms with Gasteiger partial charge in [0.05, 0.1) is 0 Å². The van der Waals surface area contributed by atoms with Crippen LogP contribution >= 0.6 is 11.8 Å². The Balaban J connectivity index is 1.82. The molecule has 1 fully saturated rings. The van der Waals surface area contributed by atoms with Gasteiger partial charge in [0.25, 0.3) is 0 Å². The van der Waals surface area contributed by atoms with Crippen LogP contribution in [0.15, 0.2) is 29.3 Å². The maximum Gasteiger partial charge on any atom is 0.191 e. The van der Waals surface area contributed by atoms with E-state index in [1.54, 1.807) is 0 Å². The summed E-state index contributed by atoms with van der Waals surface area (Å²) in [6, 6.07) is 8.80. The van der Waals surface area contributed by atoms with Gasteiger partial charge in [0.15, 0.2) is 5.96 Å². The largest absolute Gasteiger partial charge is 0.356 e. The number of thioether (sulfide) groups is 1. The topological polar surface area (TPSA) is 39.7 Å². The summed E-state index contributed by atoms with van der Waals surface area (Å²) < 4.78 is 0. The number of unbranched alkanes of at least 4 members (excludes halogenated alkanes) is 1. The maximum atomic E-state index is 4.35. The Kier molecular flexibility index (Phi) is 9.93. The summed E-state index contributed by atoms with van der Waals surface area (Å²) in [5, 5.41) is 6.90. The number of aliphatic imine (C=N–C) groups is 1. The van der Waals surface area contributed by atoms with Crippen molar-refractivity contribution in [3.05, 3.63) is 35.4 Å². The van der Waals surface area contributed by atoms with Crippen molar-refractivity contribution in [3.63, 3.8) is 0 Å². The van der Waals surface area contributed by atoms with E-state index in [4.69, 9.17) is 0 Å². The summed E-state index contributed by atoms with van der Waals surface area (Å²) in [5.41, 5.74) is 2.81. The van der Waals surface area contributed by atoms with Crippen LogP contribution in [0.4, 0.5) is 0 Å². The van der Waals surface area contributed by atoms with Gasteiger partial charge in [-0.15, -0.1) is 0 Å². The summed E-state index contributed by atoms with van der Waals surface area (Å²) in [4.78, 5) is 6.96. The van der Waals surface area contributed by atoms with Gasteiger partial charge in [0.1, 0.15) is 0 Å². The SMILES string of the molecule is CN=C(NCCCCSC)NCc1ccccc1CN1CCCC(C)C1. The van der Waals surface area contributed by atoms with Crippen LogP contribution in [0.5, 0.6) is 0 Å². The molecule has 2 N–H and O–H groups in total. The first-order chi connectivity index (χ1) is 12.7. The lowest BCUT2D eigenvalue weighted by Crippen LogP contribution is -2.38. The smallest absolute Gasteiger partial charge is 0.191 e. The fraction of sp³-hybridized carbons (Fsp3) is 0.667. The number of hydrogen-bond donors (Lipinski definition) is 2. The number of hydrogen-bond acceptors (Lipinski definition) is 3. The lowest BCUT2D eigenvalue weighted by molar-refractivity contribution is 0.176. The average molecular weight is 377 g/mol. The van der Waals surface area contributed by atoms with Gasteiger partial charge in [0, 0.05) is 33.2 Å². The van der Waals surface area contributed by atoms with E-state index in [2.05, 4.69) is 58.0 Å². The number of guanidine groups is 1. The Morgan fingerprint density at radius 3 is 2.77 bits per heavy atom. The van der Waals surface area contributed by atoms with Crippen molar-refractivity contribution in [2.45, 2.75) is 45.7 Å². The Hall–Kier alpha value is -1.20. The minimum atomic E-state index is 0.822. The molecule has 26 heavy (non-hydrogen) atoms. The first-order valence-corrected chi connectivity index (χ1v) is 11.3. The van der Waals surface area contributed by atoms with Crippen molar-refractivity contribution in [1.29, 1.82) is 0 Å². The van der Waals surface area contributed by atoms with Gasteiger partial charge >= 0.3 is 0 Å². The highest BCUT2D eigenvalue weighted by Gasteiger charge is 2.17.